The Balaban J connectivity index is 2.36. The number of alkyl halides is 3. The highest BCUT2D eigenvalue weighted by atomic mass is 35.5. The summed E-state index contributed by atoms with van der Waals surface area (Å²) in [4.78, 5) is 4.27. The molecule has 2 atom stereocenters. The summed E-state index contributed by atoms with van der Waals surface area (Å²) in [5.74, 6) is -1.57. The average molecular weight is 315 g/mol. The lowest BCUT2D eigenvalue weighted by atomic mass is 9.87. The molecule has 1 aliphatic heterocycles. The lowest BCUT2D eigenvalue weighted by molar-refractivity contribution is -0.149. The SMILES string of the molecule is NC(/C=C\C=C\Cl)C1=Nc2ccccc2C(C(F)(F)F)C1. The summed E-state index contributed by atoms with van der Waals surface area (Å²) in [6, 6.07) is 5.61. The van der Waals surface area contributed by atoms with E-state index < -0.39 is 18.1 Å². The first-order chi connectivity index (χ1) is 9.93. The van der Waals surface area contributed by atoms with Crippen molar-refractivity contribution in [3.8, 4) is 0 Å². The molecule has 2 nitrogen and oxygen atoms in total. The maximum atomic E-state index is 13.2. The van der Waals surface area contributed by atoms with Gasteiger partial charge in [0.15, 0.2) is 0 Å². The first-order valence-corrected chi connectivity index (χ1v) is 6.79. The monoisotopic (exact) mass is 314 g/mol. The van der Waals surface area contributed by atoms with Crippen molar-refractivity contribution in [1.82, 2.24) is 0 Å². The number of halogens is 4. The van der Waals surface area contributed by atoms with Crippen LogP contribution in [0.5, 0.6) is 0 Å². The van der Waals surface area contributed by atoms with Gasteiger partial charge in [0.2, 0.25) is 0 Å². The lowest BCUT2D eigenvalue weighted by Crippen LogP contribution is -2.34. The maximum Gasteiger partial charge on any atom is 0.396 e. The third-order valence-electron chi connectivity index (χ3n) is 3.27. The van der Waals surface area contributed by atoms with E-state index in [1.807, 2.05) is 0 Å². The van der Waals surface area contributed by atoms with Crippen molar-refractivity contribution in [1.29, 1.82) is 0 Å². The van der Waals surface area contributed by atoms with Gasteiger partial charge in [-0.1, -0.05) is 48.0 Å². The smallest absolute Gasteiger partial charge is 0.320 e. The molecule has 0 radical (unpaired) electrons. The fourth-order valence-electron chi connectivity index (χ4n) is 2.24. The number of hydrogen-bond donors (Lipinski definition) is 1. The van der Waals surface area contributed by atoms with Crippen LogP contribution < -0.4 is 5.73 Å². The van der Waals surface area contributed by atoms with E-state index in [-0.39, 0.29) is 12.0 Å². The Morgan fingerprint density at radius 3 is 2.67 bits per heavy atom. The van der Waals surface area contributed by atoms with Crippen LogP contribution in [0.1, 0.15) is 17.9 Å². The van der Waals surface area contributed by atoms with E-state index in [1.165, 1.54) is 11.6 Å². The van der Waals surface area contributed by atoms with Crippen molar-refractivity contribution in [3.63, 3.8) is 0 Å². The molecule has 0 aliphatic carbocycles. The zero-order chi connectivity index (χ0) is 15.5. The summed E-state index contributed by atoms with van der Waals surface area (Å²) in [6.07, 6.45) is 0.149. The Morgan fingerprint density at radius 1 is 1.29 bits per heavy atom. The molecule has 21 heavy (non-hydrogen) atoms. The molecule has 0 aromatic heterocycles. The van der Waals surface area contributed by atoms with E-state index in [9.17, 15) is 13.2 Å². The Kier molecular flexibility index (Phi) is 4.85. The highest BCUT2D eigenvalue weighted by Crippen LogP contribution is 2.44. The molecule has 0 amide bonds. The van der Waals surface area contributed by atoms with Gasteiger partial charge in [0.05, 0.1) is 17.6 Å². The van der Waals surface area contributed by atoms with Crippen LogP contribution in [-0.4, -0.2) is 17.9 Å². The predicted octanol–water partition coefficient (Wildman–Crippen LogP) is 4.44. The Hall–Kier alpha value is -1.59. The number of aliphatic imine (C=N–C) groups is 1. The van der Waals surface area contributed by atoms with Crippen LogP contribution in [0.2, 0.25) is 0 Å². The molecule has 1 heterocycles. The molecule has 0 fully saturated rings. The van der Waals surface area contributed by atoms with Gasteiger partial charge in [-0.3, -0.25) is 4.99 Å². The third kappa shape index (κ3) is 3.74. The summed E-state index contributed by atoms with van der Waals surface area (Å²) < 4.78 is 39.7. The van der Waals surface area contributed by atoms with Gasteiger partial charge >= 0.3 is 6.18 Å². The first-order valence-electron chi connectivity index (χ1n) is 6.35. The van der Waals surface area contributed by atoms with E-state index in [0.717, 1.165) is 0 Å². The average Bonchev–Trinajstić information content (AvgIpc) is 2.45. The standard InChI is InChI=1S/C15H14ClF3N2/c16-8-4-3-6-12(20)14-9-11(15(17,18)19)10-5-1-2-7-13(10)21-14/h1-8,11-12H,9,20H2/b6-3-,8-4+. The second-order valence-electron chi connectivity index (χ2n) is 4.69. The second kappa shape index (κ2) is 6.45. The van der Waals surface area contributed by atoms with Crippen molar-refractivity contribution in [3.05, 3.63) is 53.6 Å². The van der Waals surface area contributed by atoms with Crippen molar-refractivity contribution < 1.29 is 13.2 Å². The summed E-state index contributed by atoms with van der Waals surface area (Å²) in [5.41, 5.74) is 8.03. The van der Waals surface area contributed by atoms with E-state index in [0.29, 0.717) is 11.4 Å². The normalized spacial score (nSPS) is 20.6. The summed E-state index contributed by atoms with van der Waals surface area (Å²) in [5, 5.41) is 0. The molecular formula is C15H14ClF3N2. The highest BCUT2D eigenvalue weighted by molar-refractivity contribution is 6.25. The van der Waals surface area contributed by atoms with Gasteiger partial charge in [0.25, 0.3) is 0 Å². The quantitative estimate of drug-likeness (QED) is 0.823. The molecule has 1 aliphatic rings. The molecule has 0 bridgehead atoms. The Labute approximate surface area is 125 Å². The molecule has 112 valence electrons. The van der Waals surface area contributed by atoms with Crippen LogP contribution in [0.25, 0.3) is 0 Å². The molecule has 2 N–H and O–H groups in total. The minimum Gasteiger partial charge on any atom is -0.320 e. The molecule has 0 saturated carbocycles. The number of nitrogens with two attached hydrogens (primary N) is 1. The number of allylic oxidation sites excluding steroid dienone is 2. The molecule has 0 spiro atoms. The lowest BCUT2D eigenvalue weighted by Gasteiger charge is -2.28. The van der Waals surface area contributed by atoms with Crippen LogP contribution in [0, 0.1) is 0 Å². The van der Waals surface area contributed by atoms with Crippen LogP contribution in [0.4, 0.5) is 18.9 Å². The highest BCUT2D eigenvalue weighted by Gasteiger charge is 2.44. The Bertz CT molecular complexity index is 591. The first kappa shape index (κ1) is 15.8. The molecule has 1 aromatic carbocycles. The zero-order valence-corrected chi connectivity index (χ0v) is 11.8. The van der Waals surface area contributed by atoms with Crippen LogP contribution in [0.15, 0.2) is 53.0 Å². The second-order valence-corrected chi connectivity index (χ2v) is 4.94. The molecular weight excluding hydrogens is 301 g/mol. The topological polar surface area (TPSA) is 38.4 Å². The van der Waals surface area contributed by atoms with Crippen molar-refractivity contribution >= 4 is 23.0 Å². The minimum absolute atomic E-state index is 0.200. The molecule has 1 aromatic rings. The van der Waals surface area contributed by atoms with Crippen LogP contribution >= 0.6 is 11.6 Å². The molecule has 6 heteroatoms. The van der Waals surface area contributed by atoms with Crippen molar-refractivity contribution in [2.45, 2.75) is 24.6 Å². The van der Waals surface area contributed by atoms with Crippen LogP contribution in [-0.2, 0) is 0 Å². The van der Waals surface area contributed by atoms with Gasteiger partial charge in [-0.05, 0) is 11.6 Å². The van der Waals surface area contributed by atoms with Gasteiger partial charge < -0.3 is 5.73 Å². The van der Waals surface area contributed by atoms with E-state index >= 15 is 0 Å². The van der Waals surface area contributed by atoms with Gasteiger partial charge in [-0.2, -0.15) is 13.2 Å². The number of hydrogen-bond acceptors (Lipinski definition) is 2. The predicted molar refractivity (Wildman–Crippen MR) is 79.1 cm³/mol. The molecule has 2 rings (SSSR count). The molecule has 2 unspecified atom stereocenters. The largest absolute Gasteiger partial charge is 0.396 e. The summed E-state index contributed by atoms with van der Waals surface area (Å²) >= 11 is 5.37. The number of para-hydroxylation sites is 1. The van der Waals surface area contributed by atoms with E-state index in [1.54, 1.807) is 36.4 Å². The fourth-order valence-corrected chi connectivity index (χ4v) is 2.33. The number of benzene rings is 1. The number of rotatable bonds is 3. The van der Waals surface area contributed by atoms with E-state index in [2.05, 4.69) is 4.99 Å². The van der Waals surface area contributed by atoms with E-state index in [4.69, 9.17) is 17.3 Å². The minimum atomic E-state index is -4.32. The summed E-state index contributed by atoms with van der Waals surface area (Å²) in [7, 11) is 0. The van der Waals surface area contributed by atoms with Gasteiger partial charge in [0, 0.05) is 17.7 Å². The Morgan fingerprint density at radius 2 is 2.00 bits per heavy atom. The molecule has 0 saturated heterocycles. The van der Waals surface area contributed by atoms with Gasteiger partial charge in [0.1, 0.15) is 0 Å². The third-order valence-corrected chi connectivity index (χ3v) is 3.42. The number of nitrogens with zero attached hydrogens (tertiary/aromatic N) is 1. The summed E-state index contributed by atoms with van der Waals surface area (Å²) in [6.45, 7) is 0. The van der Waals surface area contributed by atoms with Crippen molar-refractivity contribution in [2.75, 3.05) is 0 Å². The van der Waals surface area contributed by atoms with Crippen molar-refractivity contribution in [2.24, 2.45) is 10.7 Å². The number of fused-ring (bicyclic) bond motifs is 1. The van der Waals surface area contributed by atoms with Crippen LogP contribution in [0.3, 0.4) is 0 Å². The van der Waals surface area contributed by atoms with Gasteiger partial charge in [-0.25, -0.2) is 0 Å². The maximum absolute atomic E-state index is 13.2. The zero-order valence-electron chi connectivity index (χ0n) is 11.0. The fraction of sp³-hybridized carbons (Fsp3) is 0.267. The van der Waals surface area contributed by atoms with Gasteiger partial charge in [-0.15, -0.1) is 0 Å².